The summed E-state index contributed by atoms with van der Waals surface area (Å²) in [5.41, 5.74) is 1.82. The van der Waals surface area contributed by atoms with Crippen LogP contribution in [0.4, 0.5) is 5.00 Å². The number of anilines is 1. The first-order valence-electron chi connectivity index (χ1n) is 10.4. The van der Waals surface area contributed by atoms with Gasteiger partial charge in [0.25, 0.3) is 0 Å². The lowest BCUT2D eigenvalue weighted by molar-refractivity contribution is -0.121. The highest BCUT2D eigenvalue weighted by molar-refractivity contribution is 7.89. The van der Waals surface area contributed by atoms with Crippen LogP contribution < -0.4 is 15.4 Å². The molecule has 0 saturated carbocycles. The lowest BCUT2D eigenvalue weighted by atomic mass is 10.0. The fourth-order valence-electron chi connectivity index (χ4n) is 3.18. The molecule has 0 spiro atoms. The normalized spacial score (nSPS) is 12.9. The van der Waals surface area contributed by atoms with E-state index in [0.29, 0.717) is 6.42 Å². The van der Waals surface area contributed by atoms with Gasteiger partial charge >= 0.3 is 0 Å². The molecule has 1 aromatic carbocycles. The van der Waals surface area contributed by atoms with Gasteiger partial charge in [-0.2, -0.15) is 9.64 Å². The quantitative estimate of drug-likeness (QED) is 0.474. The third-order valence-electron chi connectivity index (χ3n) is 4.43. The Morgan fingerprint density at radius 1 is 1.22 bits per heavy atom. The maximum Gasteiger partial charge on any atom is 0.243 e. The van der Waals surface area contributed by atoms with E-state index in [1.165, 1.54) is 11.5 Å². The van der Waals surface area contributed by atoms with Crippen molar-refractivity contribution < 1.29 is 13.2 Å². The first-order chi connectivity index (χ1) is 14.8. The Hall–Kier alpha value is -2.48. The zero-order valence-electron chi connectivity index (χ0n) is 19.3. The van der Waals surface area contributed by atoms with Gasteiger partial charge in [-0.25, -0.2) is 13.1 Å². The summed E-state index contributed by atoms with van der Waals surface area (Å²) in [4.78, 5) is 12.7. The van der Waals surface area contributed by atoms with E-state index in [1.54, 1.807) is 45.0 Å². The monoisotopic (exact) mass is 477 g/mol. The van der Waals surface area contributed by atoms with Crippen LogP contribution in [0.25, 0.3) is 11.1 Å². The van der Waals surface area contributed by atoms with Crippen LogP contribution in [-0.2, 0) is 14.8 Å². The molecular weight excluding hydrogens is 446 g/mol. The minimum absolute atomic E-state index is 0.0534. The Balaban J connectivity index is 2.34. The second-order valence-corrected chi connectivity index (χ2v) is 11.5. The van der Waals surface area contributed by atoms with Crippen LogP contribution in [0.5, 0.6) is 0 Å². The summed E-state index contributed by atoms with van der Waals surface area (Å²) >= 11 is 1.25. The van der Waals surface area contributed by atoms with Crippen LogP contribution in [0, 0.1) is 24.2 Å². The number of hydrogen-bond donors (Lipinski definition) is 3. The number of carbonyl (C=O) groups is 1. The number of rotatable bonds is 9. The van der Waals surface area contributed by atoms with Gasteiger partial charge in [-0.3, -0.25) is 4.79 Å². The zero-order chi connectivity index (χ0) is 24.1. The molecule has 1 aromatic heterocycles. The van der Waals surface area contributed by atoms with Gasteiger partial charge in [0.15, 0.2) is 0 Å². The van der Waals surface area contributed by atoms with E-state index in [9.17, 15) is 13.2 Å². The number of benzene rings is 1. The Labute approximate surface area is 194 Å². The molecule has 174 valence electrons. The number of sulfonamides is 1. The van der Waals surface area contributed by atoms with Crippen LogP contribution in [0.15, 0.2) is 29.2 Å². The number of aryl methyl sites for hydroxylation is 1. The lowest BCUT2D eigenvalue weighted by Crippen LogP contribution is -2.40. The van der Waals surface area contributed by atoms with Gasteiger partial charge in [0.2, 0.25) is 15.9 Å². The predicted octanol–water partition coefficient (Wildman–Crippen LogP) is 3.66. The molecule has 0 fully saturated rings. The average molecular weight is 478 g/mol. The second-order valence-electron chi connectivity index (χ2n) is 9.05. The summed E-state index contributed by atoms with van der Waals surface area (Å²) < 4.78 is 32.3. The molecule has 32 heavy (non-hydrogen) atoms. The Bertz CT molecular complexity index is 1080. The number of nitrogens with zero attached hydrogens (tertiary/aromatic N) is 2. The number of nitrogens with one attached hydrogen (secondary N) is 3. The number of aromatic nitrogens is 1. The van der Waals surface area contributed by atoms with Gasteiger partial charge in [-0.1, -0.05) is 26.0 Å². The first kappa shape index (κ1) is 25.8. The van der Waals surface area contributed by atoms with Crippen molar-refractivity contribution in [3.8, 4) is 17.2 Å². The third-order valence-corrected chi connectivity index (χ3v) is 7.07. The fraction of sp³-hybridized carbons (Fsp3) is 0.500. The average Bonchev–Trinajstić information content (AvgIpc) is 3.03. The number of nitriles is 1. The molecule has 10 heteroatoms. The molecule has 0 unspecified atom stereocenters. The summed E-state index contributed by atoms with van der Waals surface area (Å²) in [5, 5.41) is 15.4. The number of amides is 1. The molecule has 0 saturated heterocycles. The second kappa shape index (κ2) is 10.4. The van der Waals surface area contributed by atoms with Crippen molar-refractivity contribution in [2.75, 3.05) is 11.9 Å². The van der Waals surface area contributed by atoms with Crippen LogP contribution in [0.2, 0.25) is 0 Å². The summed E-state index contributed by atoms with van der Waals surface area (Å²) in [6.07, 6.45) is 0.587. The molecular formula is C22H31N5O3S2. The Morgan fingerprint density at radius 2 is 1.84 bits per heavy atom. The highest BCUT2D eigenvalue weighted by atomic mass is 32.2. The maximum absolute atomic E-state index is 12.6. The van der Waals surface area contributed by atoms with E-state index >= 15 is 0 Å². The number of hydrogen-bond acceptors (Lipinski definition) is 7. The SMILES string of the molecule is Cc1nsc(N[C@@H](CC(C)C)C(=O)NCC#N)c1-c1ccc(S(=O)(=O)NC(C)(C)C)cc1. The summed E-state index contributed by atoms with van der Waals surface area (Å²) in [5.74, 6) is 0.0181. The zero-order valence-corrected chi connectivity index (χ0v) is 20.9. The first-order valence-corrected chi connectivity index (χ1v) is 12.6. The Morgan fingerprint density at radius 3 is 2.38 bits per heavy atom. The smallest absolute Gasteiger partial charge is 0.243 e. The van der Waals surface area contributed by atoms with Gasteiger partial charge in [0.1, 0.15) is 17.6 Å². The van der Waals surface area contributed by atoms with Crippen LogP contribution in [-0.4, -0.2) is 36.8 Å². The van der Waals surface area contributed by atoms with Crippen molar-refractivity contribution in [2.24, 2.45) is 5.92 Å². The summed E-state index contributed by atoms with van der Waals surface area (Å²) in [7, 11) is -3.63. The highest BCUT2D eigenvalue weighted by Gasteiger charge is 2.24. The molecule has 0 radical (unpaired) electrons. The van der Waals surface area contributed by atoms with E-state index in [2.05, 4.69) is 19.7 Å². The van der Waals surface area contributed by atoms with E-state index in [0.717, 1.165) is 21.8 Å². The van der Waals surface area contributed by atoms with Crippen molar-refractivity contribution in [1.29, 1.82) is 5.26 Å². The van der Waals surface area contributed by atoms with Crippen molar-refractivity contribution in [2.45, 2.75) is 64.4 Å². The molecule has 2 rings (SSSR count). The van der Waals surface area contributed by atoms with Gasteiger partial charge in [-0.15, -0.1) is 0 Å². The minimum Gasteiger partial charge on any atom is -0.364 e. The molecule has 0 bridgehead atoms. The van der Waals surface area contributed by atoms with Gasteiger partial charge < -0.3 is 10.6 Å². The van der Waals surface area contributed by atoms with Crippen molar-refractivity contribution in [3.05, 3.63) is 30.0 Å². The van der Waals surface area contributed by atoms with E-state index in [4.69, 9.17) is 5.26 Å². The molecule has 8 nitrogen and oxygen atoms in total. The van der Waals surface area contributed by atoms with E-state index < -0.39 is 21.6 Å². The standard InChI is InChI=1S/C22H31N5O3S2/c1-14(2)13-18(20(28)24-12-11-23)25-21-19(15(3)26-31-21)16-7-9-17(10-8-16)32(29,30)27-22(4,5)6/h7-10,14,18,25,27H,12-13H2,1-6H3,(H,24,28)/t18-/m0/s1. The highest BCUT2D eigenvalue weighted by Crippen LogP contribution is 2.36. The van der Waals surface area contributed by atoms with Crippen LogP contribution >= 0.6 is 11.5 Å². The topological polar surface area (TPSA) is 124 Å². The molecule has 0 aliphatic carbocycles. The molecule has 1 amide bonds. The van der Waals surface area contributed by atoms with E-state index in [-0.39, 0.29) is 23.3 Å². The summed E-state index contributed by atoms with van der Waals surface area (Å²) in [6, 6.07) is 8.02. The van der Waals surface area contributed by atoms with E-state index in [1.807, 2.05) is 26.8 Å². The number of carbonyl (C=O) groups excluding carboxylic acids is 1. The third kappa shape index (κ3) is 7.02. The molecule has 1 heterocycles. The van der Waals surface area contributed by atoms with Crippen molar-refractivity contribution in [1.82, 2.24) is 14.4 Å². The predicted molar refractivity (Wildman–Crippen MR) is 128 cm³/mol. The molecule has 0 aliphatic heterocycles. The van der Waals surface area contributed by atoms with Crippen LogP contribution in [0.3, 0.4) is 0 Å². The van der Waals surface area contributed by atoms with Gasteiger partial charge in [-0.05, 0) is 69.3 Å². The maximum atomic E-state index is 12.6. The van der Waals surface area contributed by atoms with Crippen LogP contribution in [0.1, 0.15) is 46.7 Å². The molecule has 3 N–H and O–H groups in total. The largest absolute Gasteiger partial charge is 0.364 e. The summed E-state index contributed by atoms with van der Waals surface area (Å²) in [6.45, 7) is 11.2. The fourth-order valence-corrected chi connectivity index (χ4v) is 5.47. The molecule has 1 atom stereocenters. The molecule has 2 aromatic rings. The van der Waals surface area contributed by atoms with Gasteiger partial charge in [0, 0.05) is 11.1 Å². The lowest BCUT2D eigenvalue weighted by Gasteiger charge is -2.21. The van der Waals surface area contributed by atoms with Gasteiger partial charge in [0.05, 0.1) is 16.7 Å². The Kier molecular flexibility index (Phi) is 8.40. The minimum atomic E-state index is -3.63. The van der Waals surface area contributed by atoms with Crippen molar-refractivity contribution in [3.63, 3.8) is 0 Å². The molecule has 0 aliphatic rings. The van der Waals surface area contributed by atoms with Crippen molar-refractivity contribution >= 4 is 32.5 Å².